The van der Waals surface area contributed by atoms with E-state index in [2.05, 4.69) is 30.8 Å². The summed E-state index contributed by atoms with van der Waals surface area (Å²) in [5.74, 6) is 0.277. The summed E-state index contributed by atoms with van der Waals surface area (Å²) in [6.07, 6.45) is -0.727. The van der Waals surface area contributed by atoms with E-state index in [0.717, 1.165) is 11.1 Å². The summed E-state index contributed by atoms with van der Waals surface area (Å²) < 4.78 is 33.9. The Morgan fingerprint density at radius 3 is 2.12 bits per heavy atom. The topological polar surface area (TPSA) is 84.5 Å². The fourth-order valence-corrected chi connectivity index (χ4v) is 4.42. The molecular formula is C27H32N2O4S. The first kappa shape index (κ1) is 25.3. The second kappa shape index (κ2) is 9.89. The summed E-state index contributed by atoms with van der Waals surface area (Å²) >= 11 is 0. The molecule has 0 aromatic heterocycles. The zero-order valence-electron chi connectivity index (χ0n) is 20.5. The number of hydrogen-bond acceptors (Lipinski definition) is 4. The SMILES string of the molecule is Cc1ccc(C)c(NS(=O)(=O)c2ccc(NC(=O)[C@@H](C)Oc3ccc(C(C)(C)C)cc3)cc2)c1. The molecule has 1 amide bonds. The van der Waals surface area contributed by atoms with E-state index in [1.165, 1.54) is 17.7 Å². The molecule has 0 fully saturated rings. The van der Waals surface area contributed by atoms with Crippen LogP contribution in [0, 0.1) is 13.8 Å². The molecule has 7 heteroatoms. The summed E-state index contributed by atoms with van der Waals surface area (Å²) in [5, 5.41) is 2.76. The maximum Gasteiger partial charge on any atom is 0.265 e. The molecule has 2 N–H and O–H groups in total. The monoisotopic (exact) mass is 480 g/mol. The molecule has 0 heterocycles. The molecule has 0 spiro atoms. The average Bonchev–Trinajstić information content (AvgIpc) is 2.76. The van der Waals surface area contributed by atoms with E-state index in [0.29, 0.717) is 17.1 Å². The van der Waals surface area contributed by atoms with Gasteiger partial charge in [0.05, 0.1) is 10.6 Å². The number of hydrogen-bond donors (Lipinski definition) is 2. The van der Waals surface area contributed by atoms with Gasteiger partial charge in [0.1, 0.15) is 5.75 Å². The smallest absolute Gasteiger partial charge is 0.265 e. The third-order valence-electron chi connectivity index (χ3n) is 5.47. The summed E-state index contributed by atoms with van der Waals surface area (Å²) in [5.41, 5.74) is 4.03. The van der Waals surface area contributed by atoms with E-state index in [9.17, 15) is 13.2 Å². The van der Waals surface area contributed by atoms with Crippen LogP contribution in [0.1, 0.15) is 44.4 Å². The predicted octanol–water partition coefficient (Wildman–Crippen LogP) is 5.81. The van der Waals surface area contributed by atoms with Crippen LogP contribution in [0.2, 0.25) is 0 Å². The van der Waals surface area contributed by atoms with Gasteiger partial charge in [0.25, 0.3) is 15.9 Å². The molecule has 34 heavy (non-hydrogen) atoms. The highest BCUT2D eigenvalue weighted by molar-refractivity contribution is 7.92. The zero-order valence-corrected chi connectivity index (χ0v) is 21.3. The van der Waals surface area contributed by atoms with Crippen molar-refractivity contribution >= 4 is 27.3 Å². The van der Waals surface area contributed by atoms with Crippen molar-refractivity contribution < 1.29 is 17.9 Å². The van der Waals surface area contributed by atoms with Gasteiger partial charge in [-0.1, -0.05) is 45.0 Å². The van der Waals surface area contributed by atoms with Gasteiger partial charge in [0.15, 0.2) is 6.10 Å². The van der Waals surface area contributed by atoms with Crippen LogP contribution in [0.3, 0.4) is 0 Å². The molecule has 1 atom stereocenters. The lowest BCUT2D eigenvalue weighted by molar-refractivity contribution is -0.122. The van der Waals surface area contributed by atoms with Crippen molar-refractivity contribution in [3.8, 4) is 5.75 Å². The number of nitrogens with one attached hydrogen (secondary N) is 2. The molecule has 0 radical (unpaired) electrons. The van der Waals surface area contributed by atoms with Crippen molar-refractivity contribution in [1.82, 2.24) is 0 Å². The summed E-state index contributed by atoms with van der Waals surface area (Å²) in [6.45, 7) is 11.8. The number of carbonyl (C=O) groups is 1. The standard InChI is InChI=1S/C27H32N2O4S/c1-18-7-8-19(2)25(17-18)29-34(31,32)24-15-11-22(12-16-24)28-26(30)20(3)33-23-13-9-21(10-14-23)27(4,5)6/h7-17,20,29H,1-6H3,(H,28,30)/t20-/m1/s1. The number of aryl methyl sites for hydroxylation is 2. The number of sulfonamides is 1. The molecule has 0 aliphatic heterocycles. The lowest BCUT2D eigenvalue weighted by Gasteiger charge is -2.20. The molecule has 3 rings (SSSR count). The number of carbonyl (C=O) groups excluding carboxylic acids is 1. The van der Waals surface area contributed by atoms with Gasteiger partial charge in [-0.25, -0.2) is 8.42 Å². The Balaban J connectivity index is 1.63. The minimum Gasteiger partial charge on any atom is -0.481 e. The van der Waals surface area contributed by atoms with Gasteiger partial charge in [0.2, 0.25) is 0 Å². The highest BCUT2D eigenvalue weighted by Crippen LogP contribution is 2.25. The average molecular weight is 481 g/mol. The number of anilines is 2. The quantitative estimate of drug-likeness (QED) is 0.447. The minimum atomic E-state index is -3.76. The van der Waals surface area contributed by atoms with Gasteiger partial charge < -0.3 is 10.1 Å². The number of rotatable bonds is 7. The summed E-state index contributed by atoms with van der Waals surface area (Å²) in [7, 11) is -3.76. The van der Waals surface area contributed by atoms with Crippen molar-refractivity contribution in [2.75, 3.05) is 10.0 Å². The third-order valence-corrected chi connectivity index (χ3v) is 6.85. The van der Waals surface area contributed by atoms with E-state index in [-0.39, 0.29) is 16.2 Å². The highest BCUT2D eigenvalue weighted by atomic mass is 32.2. The van der Waals surface area contributed by atoms with Crippen LogP contribution in [-0.4, -0.2) is 20.4 Å². The lowest BCUT2D eigenvalue weighted by Crippen LogP contribution is -2.30. The Bertz CT molecular complexity index is 1260. The van der Waals surface area contributed by atoms with E-state index < -0.39 is 16.1 Å². The van der Waals surface area contributed by atoms with Crippen LogP contribution < -0.4 is 14.8 Å². The van der Waals surface area contributed by atoms with Gasteiger partial charge >= 0.3 is 0 Å². The van der Waals surface area contributed by atoms with Crippen molar-refractivity contribution in [3.05, 3.63) is 83.4 Å². The lowest BCUT2D eigenvalue weighted by atomic mass is 9.87. The largest absolute Gasteiger partial charge is 0.481 e. The number of benzene rings is 3. The first-order chi connectivity index (χ1) is 15.8. The fraction of sp³-hybridized carbons (Fsp3) is 0.296. The third kappa shape index (κ3) is 6.38. The van der Waals surface area contributed by atoms with E-state index in [4.69, 9.17) is 4.74 Å². The second-order valence-electron chi connectivity index (χ2n) is 9.47. The van der Waals surface area contributed by atoms with E-state index in [1.807, 2.05) is 50.2 Å². The molecule has 0 bridgehead atoms. The summed E-state index contributed by atoms with van der Waals surface area (Å²) in [4.78, 5) is 12.7. The maximum absolute atomic E-state index is 12.8. The maximum atomic E-state index is 12.8. The normalized spacial score (nSPS) is 12.6. The molecule has 6 nitrogen and oxygen atoms in total. The van der Waals surface area contributed by atoms with E-state index >= 15 is 0 Å². The van der Waals surface area contributed by atoms with Crippen LogP contribution in [0.5, 0.6) is 5.75 Å². The molecule has 0 saturated heterocycles. The van der Waals surface area contributed by atoms with Crippen LogP contribution in [0.15, 0.2) is 71.6 Å². The van der Waals surface area contributed by atoms with Gasteiger partial charge in [-0.15, -0.1) is 0 Å². The van der Waals surface area contributed by atoms with Gasteiger partial charge in [-0.05, 0) is 85.3 Å². The Morgan fingerprint density at radius 2 is 1.53 bits per heavy atom. The van der Waals surface area contributed by atoms with Gasteiger partial charge in [-0.2, -0.15) is 0 Å². The van der Waals surface area contributed by atoms with Crippen molar-refractivity contribution in [3.63, 3.8) is 0 Å². The first-order valence-electron chi connectivity index (χ1n) is 11.1. The van der Waals surface area contributed by atoms with E-state index in [1.54, 1.807) is 25.1 Å². The van der Waals surface area contributed by atoms with Gasteiger partial charge in [0, 0.05) is 5.69 Å². The first-order valence-corrected chi connectivity index (χ1v) is 12.6. The molecular weight excluding hydrogens is 448 g/mol. The van der Waals surface area contributed by atoms with Crippen LogP contribution in [0.4, 0.5) is 11.4 Å². The highest BCUT2D eigenvalue weighted by Gasteiger charge is 2.18. The number of amides is 1. The Labute approximate surface area is 202 Å². The van der Waals surface area contributed by atoms with Crippen LogP contribution in [-0.2, 0) is 20.2 Å². The van der Waals surface area contributed by atoms with Gasteiger partial charge in [-0.3, -0.25) is 9.52 Å². The van der Waals surface area contributed by atoms with Crippen LogP contribution in [0.25, 0.3) is 0 Å². The van der Waals surface area contributed by atoms with Crippen molar-refractivity contribution in [2.45, 2.75) is 58.0 Å². The molecule has 0 aliphatic carbocycles. The molecule has 3 aromatic carbocycles. The number of ether oxygens (including phenoxy) is 1. The van der Waals surface area contributed by atoms with Crippen molar-refractivity contribution in [1.29, 1.82) is 0 Å². The zero-order chi connectivity index (χ0) is 25.1. The molecule has 0 saturated carbocycles. The molecule has 0 aliphatic rings. The minimum absolute atomic E-state index is 0.0373. The molecule has 0 unspecified atom stereocenters. The fourth-order valence-electron chi connectivity index (χ4n) is 3.30. The second-order valence-corrected chi connectivity index (χ2v) is 11.2. The molecule has 3 aromatic rings. The Hall–Kier alpha value is -3.32. The van der Waals surface area contributed by atoms with Crippen LogP contribution >= 0.6 is 0 Å². The Kier molecular flexibility index (Phi) is 7.36. The Morgan fingerprint density at radius 1 is 0.912 bits per heavy atom. The predicted molar refractivity (Wildman–Crippen MR) is 137 cm³/mol. The molecule has 180 valence electrons. The van der Waals surface area contributed by atoms with Crippen molar-refractivity contribution in [2.24, 2.45) is 0 Å². The summed E-state index contributed by atoms with van der Waals surface area (Å²) in [6, 6.07) is 19.3.